The predicted molar refractivity (Wildman–Crippen MR) is 191 cm³/mol. The molecular weight excluding hydrogens is 657 g/mol. The van der Waals surface area contributed by atoms with Crippen molar-refractivity contribution in [1.29, 1.82) is 0 Å². The van der Waals surface area contributed by atoms with E-state index in [0.717, 1.165) is 37.3 Å². The summed E-state index contributed by atoms with van der Waals surface area (Å²) in [4.78, 5) is 25.9. The maximum absolute atomic E-state index is 10.5. The van der Waals surface area contributed by atoms with Gasteiger partial charge in [-0.25, -0.2) is 0 Å². The molecule has 0 spiro atoms. The number of benzene rings is 2. The van der Waals surface area contributed by atoms with Gasteiger partial charge in [-0.3, -0.25) is 14.6 Å². The van der Waals surface area contributed by atoms with Crippen molar-refractivity contribution in [2.75, 3.05) is 13.1 Å². The van der Waals surface area contributed by atoms with Crippen molar-refractivity contribution < 1.29 is 36.9 Å². The number of nitrogens with one attached hydrogen (secondary N) is 4. The SMILES string of the molecule is CC(C(=O)O)c1ccccc1.CC(C(=O)O)c1ccccc1.[Mn].c1cc2nc(c1)CN[C@H]1CCCC[C@@H]1NCCN[C@H]1CCCC[C@@H]1NC2. The van der Waals surface area contributed by atoms with Gasteiger partial charge in [-0.15, -0.1) is 0 Å². The number of hydrogen-bond acceptors (Lipinski definition) is 7. The summed E-state index contributed by atoms with van der Waals surface area (Å²) in [5.74, 6) is -2.38. The normalized spacial score (nSPS) is 23.6. The second-order valence-corrected chi connectivity index (χ2v) is 13.2. The quantitative estimate of drug-likeness (QED) is 0.185. The van der Waals surface area contributed by atoms with Crippen molar-refractivity contribution in [3.05, 3.63) is 101 Å². The van der Waals surface area contributed by atoms with Crippen LogP contribution in [0, 0.1) is 0 Å². The van der Waals surface area contributed by atoms with Gasteiger partial charge in [0.05, 0.1) is 23.2 Å². The molecule has 2 aliphatic carbocycles. The summed E-state index contributed by atoms with van der Waals surface area (Å²) in [5, 5.41) is 32.5. The number of aromatic nitrogens is 1. The van der Waals surface area contributed by atoms with Crippen molar-refractivity contribution in [2.24, 2.45) is 0 Å². The van der Waals surface area contributed by atoms with Crippen LogP contribution in [0.3, 0.4) is 0 Å². The standard InChI is InChI=1S/C21H35N5.2C9H10O2.Mn/c1-3-10-20-18(8-1)22-12-13-23-19-9-2-4-11-21(19)25-15-17-7-5-6-16(26-17)14-24-20;2*1-7(9(10)11)8-5-3-2-4-6-8;/h5-7,18-25H,1-4,8-15H2;2*2-7H,1H3,(H,10,11);/t18-,19-,20-,21-;;;/m0.../s1. The number of carboxylic acid groups (broad SMARTS) is 2. The fourth-order valence-electron chi connectivity index (χ4n) is 6.72. The number of nitrogens with zero attached hydrogens (tertiary/aromatic N) is 1. The van der Waals surface area contributed by atoms with Crippen molar-refractivity contribution in [1.82, 2.24) is 26.3 Å². The van der Waals surface area contributed by atoms with Gasteiger partial charge in [0.25, 0.3) is 0 Å². The molecule has 1 aromatic heterocycles. The van der Waals surface area contributed by atoms with Crippen molar-refractivity contribution in [3.8, 4) is 0 Å². The molecule has 1 radical (unpaired) electrons. The first kappa shape index (κ1) is 40.3. The predicted octanol–water partition coefficient (Wildman–Crippen LogP) is 5.82. The third kappa shape index (κ3) is 13.6. The molecule has 1 aliphatic heterocycles. The van der Waals surface area contributed by atoms with E-state index in [4.69, 9.17) is 15.2 Å². The number of carboxylic acids is 2. The van der Waals surface area contributed by atoms with E-state index in [-0.39, 0.29) is 17.1 Å². The monoisotopic (exact) mass is 712 g/mol. The second-order valence-electron chi connectivity index (χ2n) is 13.2. The molecule has 3 aromatic rings. The van der Waals surface area contributed by atoms with Crippen LogP contribution in [0.25, 0.3) is 0 Å². The third-order valence-electron chi connectivity index (χ3n) is 9.77. The van der Waals surface area contributed by atoms with E-state index in [1.165, 1.54) is 62.8 Å². The molecule has 0 saturated heterocycles. The average molecular weight is 713 g/mol. The van der Waals surface area contributed by atoms with Crippen molar-refractivity contribution in [3.63, 3.8) is 0 Å². The van der Waals surface area contributed by atoms with Crippen LogP contribution in [-0.4, -0.2) is 64.4 Å². The summed E-state index contributed by atoms with van der Waals surface area (Å²) in [6.07, 6.45) is 10.5. The first-order valence-corrected chi connectivity index (χ1v) is 17.8. The summed E-state index contributed by atoms with van der Waals surface area (Å²) in [5.41, 5.74) is 4.03. The minimum atomic E-state index is -0.781. The zero-order valence-corrected chi connectivity index (χ0v) is 30.2. The molecule has 0 amide bonds. The number of fused-ring (bicyclic) bond motifs is 4. The molecule has 6 rings (SSSR count). The van der Waals surface area contributed by atoms with Crippen LogP contribution in [0.2, 0.25) is 0 Å². The molecule has 3 aliphatic rings. The van der Waals surface area contributed by atoms with Crippen LogP contribution >= 0.6 is 0 Å². The molecule has 2 aromatic carbocycles. The fourth-order valence-corrected chi connectivity index (χ4v) is 6.72. The second kappa shape index (κ2) is 21.9. The Morgan fingerprint density at radius 1 is 0.571 bits per heavy atom. The molecule has 6 N–H and O–H groups in total. The average Bonchev–Trinajstić information content (AvgIpc) is 3.13. The summed E-state index contributed by atoms with van der Waals surface area (Å²) < 4.78 is 0. The molecule has 49 heavy (non-hydrogen) atoms. The van der Waals surface area contributed by atoms with Crippen LogP contribution in [0.15, 0.2) is 78.9 Å². The van der Waals surface area contributed by atoms with Gasteiger partial charge < -0.3 is 31.5 Å². The minimum absolute atomic E-state index is 0. The molecule has 10 heteroatoms. The van der Waals surface area contributed by atoms with E-state index < -0.39 is 23.8 Å². The van der Waals surface area contributed by atoms with Gasteiger partial charge in [-0.05, 0) is 62.8 Å². The Kier molecular flexibility index (Phi) is 18.0. The minimum Gasteiger partial charge on any atom is -0.481 e. The number of aliphatic carboxylic acids is 2. The molecule has 2 heterocycles. The zero-order valence-electron chi connectivity index (χ0n) is 29.0. The Balaban J connectivity index is 0.000000235. The van der Waals surface area contributed by atoms with Crippen molar-refractivity contribution >= 4 is 11.9 Å². The maximum atomic E-state index is 10.5. The van der Waals surface area contributed by atoms with Crippen LogP contribution in [0.5, 0.6) is 0 Å². The van der Waals surface area contributed by atoms with E-state index in [0.29, 0.717) is 24.2 Å². The van der Waals surface area contributed by atoms with E-state index in [9.17, 15) is 9.59 Å². The smallest absolute Gasteiger partial charge is 0.310 e. The van der Waals surface area contributed by atoms with Crippen LogP contribution in [0.1, 0.15) is 99.6 Å². The Morgan fingerprint density at radius 3 is 1.27 bits per heavy atom. The van der Waals surface area contributed by atoms with E-state index >= 15 is 0 Å². The van der Waals surface area contributed by atoms with Gasteiger partial charge in [-0.1, -0.05) is 92.4 Å². The molecule has 6 atom stereocenters. The van der Waals surface area contributed by atoms with Gasteiger partial charge in [-0.2, -0.15) is 0 Å². The Hall–Kier alpha value is -3.11. The van der Waals surface area contributed by atoms with Gasteiger partial charge >= 0.3 is 11.9 Å². The number of carbonyl (C=O) groups is 2. The van der Waals surface area contributed by atoms with Crippen molar-refractivity contribution in [2.45, 2.75) is 114 Å². The first-order chi connectivity index (χ1) is 23.3. The Labute approximate surface area is 302 Å². The zero-order chi connectivity index (χ0) is 34.1. The first-order valence-electron chi connectivity index (χ1n) is 17.8. The third-order valence-corrected chi connectivity index (χ3v) is 9.77. The van der Waals surface area contributed by atoms with Crippen LogP contribution in [0.4, 0.5) is 0 Å². The van der Waals surface area contributed by atoms with Gasteiger partial charge in [0.1, 0.15) is 0 Å². The fraction of sp³-hybridized carbons (Fsp3) is 0.513. The van der Waals surface area contributed by atoms with Gasteiger partial charge in [0.2, 0.25) is 0 Å². The maximum Gasteiger partial charge on any atom is 0.310 e. The summed E-state index contributed by atoms with van der Waals surface area (Å²) >= 11 is 0. The Bertz CT molecular complexity index is 1280. The van der Waals surface area contributed by atoms with E-state index in [1.54, 1.807) is 13.8 Å². The Morgan fingerprint density at radius 2 is 0.918 bits per heavy atom. The number of hydrogen-bond donors (Lipinski definition) is 6. The van der Waals surface area contributed by atoms with Crippen LogP contribution in [-0.2, 0) is 39.7 Å². The molecule has 2 bridgehead atoms. The number of rotatable bonds is 4. The molecule has 2 saturated carbocycles. The van der Waals surface area contributed by atoms with E-state index in [2.05, 4.69) is 39.5 Å². The topological polar surface area (TPSA) is 136 Å². The molecular formula is C39H55MnN5O4. The van der Waals surface area contributed by atoms with Gasteiger partial charge in [0.15, 0.2) is 0 Å². The largest absolute Gasteiger partial charge is 0.481 e. The van der Waals surface area contributed by atoms with Gasteiger partial charge in [0, 0.05) is 67.4 Å². The molecule has 267 valence electrons. The summed E-state index contributed by atoms with van der Waals surface area (Å²) in [7, 11) is 0. The van der Waals surface area contributed by atoms with Crippen LogP contribution < -0.4 is 21.3 Å². The molecule has 2 fully saturated rings. The molecule has 9 nitrogen and oxygen atoms in total. The summed E-state index contributed by atoms with van der Waals surface area (Å²) in [6.45, 7) is 7.24. The van der Waals surface area contributed by atoms with E-state index in [1.807, 2.05) is 60.7 Å². The summed E-state index contributed by atoms with van der Waals surface area (Å²) in [6, 6.07) is 27.2. The molecule has 2 unspecified atom stereocenters. The number of pyridine rings is 1.